The molecule has 0 saturated heterocycles. The van der Waals surface area contributed by atoms with Gasteiger partial charge in [-0.25, -0.2) is 4.79 Å². The van der Waals surface area contributed by atoms with Crippen molar-refractivity contribution in [1.82, 2.24) is 10.6 Å². The predicted octanol–water partition coefficient (Wildman–Crippen LogP) is 6.64. The van der Waals surface area contributed by atoms with Gasteiger partial charge in [0.15, 0.2) is 5.76 Å². The zero-order valence-electron chi connectivity index (χ0n) is 32.1. The van der Waals surface area contributed by atoms with Crippen LogP contribution < -0.4 is 21.0 Å². The zero-order chi connectivity index (χ0) is 38.4. The van der Waals surface area contributed by atoms with Crippen LogP contribution in [-0.4, -0.2) is 50.2 Å². The highest BCUT2D eigenvalue weighted by Gasteiger charge is 2.50. The molecule has 0 aromatic heterocycles. The Bertz CT molecular complexity index is 1580. The fourth-order valence-electron chi connectivity index (χ4n) is 6.66. The van der Waals surface area contributed by atoms with Crippen LogP contribution in [0.3, 0.4) is 0 Å². The molecule has 1 heterocycles. The second-order valence-corrected chi connectivity index (χ2v) is 19.1. The summed E-state index contributed by atoms with van der Waals surface area (Å²) in [5.41, 5.74) is -0.548. The maximum Gasteiger partial charge on any atom is 0.373 e. The van der Waals surface area contributed by atoms with Crippen molar-refractivity contribution in [2.45, 2.75) is 91.3 Å². The van der Waals surface area contributed by atoms with Gasteiger partial charge in [0.05, 0.1) is 7.11 Å². The van der Waals surface area contributed by atoms with Gasteiger partial charge in [0, 0.05) is 18.4 Å². The van der Waals surface area contributed by atoms with E-state index in [0.717, 1.165) is 23.2 Å². The maximum absolute atomic E-state index is 13.4. The lowest BCUT2D eigenvalue weighted by Crippen LogP contribution is -2.65. The summed E-state index contributed by atoms with van der Waals surface area (Å²) in [6.07, 6.45) is 18.7. The molecule has 3 N–H and O–H groups in total. The molecule has 2 amide bonds. The topological polar surface area (TPSA) is 114 Å². The highest BCUT2D eigenvalue weighted by molar-refractivity contribution is 6.98. The molecule has 0 unspecified atom stereocenters. The van der Waals surface area contributed by atoms with Crippen molar-refractivity contribution in [2.75, 3.05) is 7.11 Å². The minimum atomic E-state index is -3.17. The fraction of sp³-hybridized carbons (Fsp3) is 0.419. The van der Waals surface area contributed by atoms with E-state index in [2.05, 4.69) is 30.6 Å². The Morgan fingerprint density at radius 1 is 0.981 bits per heavy atom. The standard InChI is InChI=1S/C43H58N2O6Si/c1-9-10-21-33(31-43(6,7)52(49,34-23-13-11-14-24-34)35-25-15-12-16-26-35)22-19-30-44-40(47)39(42(3,4)5)45-38(46)27-18-17-20-32(2)36-28-29-37(50-8)41(48)51-36/h9-20,23-27,29-30,32-33,36,39,49H,21-22,28,31H2,1-8H3,(H,44,47)(H,45,46)/b10-9-,20-17+,27-18+,30-19-/t32-,33-,36-,39+/m0/s1. The second kappa shape index (κ2) is 19.4. The average molecular weight is 727 g/mol. The molecular formula is C43H58N2O6Si. The summed E-state index contributed by atoms with van der Waals surface area (Å²) in [5, 5.41) is 7.31. The van der Waals surface area contributed by atoms with Crippen LogP contribution in [0.1, 0.15) is 74.1 Å². The van der Waals surface area contributed by atoms with Crippen LogP contribution in [0.15, 0.2) is 121 Å². The van der Waals surface area contributed by atoms with Gasteiger partial charge in [-0.2, -0.15) is 0 Å². The minimum absolute atomic E-state index is 0.0733. The van der Waals surface area contributed by atoms with Crippen LogP contribution in [0.4, 0.5) is 0 Å². The lowest BCUT2D eigenvalue weighted by atomic mass is 9.86. The zero-order valence-corrected chi connectivity index (χ0v) is 33.1. The molecule has 0 saturated carbocycles. The monoisotopic (exact) mass is 726 g/mol. The largest absolute Gasteiger partial charge is 0.490 e. The molecule has 52 heavy (non-hydrogen) atoms. The maximum atomic E-state index is 13.4. The third-order valence-corrected chi connectivity index (χ3v) is 14.2. The van der Waals surface area contributed by atoms with Gasteiger partial charge in [0.1, 0.15) is 12.1 Å². The van der Waals surface area contributed by atoms with Crippen LogP contribution >= 0.6 is 0 Å². The number of amides is 2. The lowest BCUT2D eigenvalue weighted by Gasteiger charge is -2.43. The molecule has 2 aromatic carbocycles. The fourth-order valence-corrected chi connectivity index (χ4v) is 10.5. The molecule has 1 aliphatic heterocycles. The van der Waals surface area contributed by atoms with Crippen molar-refractivity contribution in [3.05, 3.63) is 121 Å². The molecule has 280 valence electrons. The van der Waals surface area contributed by atoms with Crippen LogP contribution in [0, 0.1) is 17.3 Å². The number of nitrogens with one attached hydrogen (secondary N) is 2. The number of hydrogen-bond acceptors (Lipinski definition) is 6. The van der Waals surface area contributed by atoms with Crippen LogP contribution in [0.5, 0.6) is 0 Å². The molecule has 0 spiro atoms. The predicted molar refractivity (Wildman–Crippen MR) is 212 cm³/mol. The van der Waals surface area contributed by atoms with Crippen molar-refractivity contribution in [3.8, 4) is 0 Å². The van der Waals surface area contributed by atoms with Gasteiger partial charge in [0.25, 0.3) is 8.32 Å². The Morgan fingerprint density at radius 2 is 1.58 bits per heavy atom. The molecule has 0 bridgehead atoms. The average Bonchev–Trinajstić information content (AvgIpc) is 3.12. The van der Waals surface area contributed by atoms with E-state index >= 15 is 0 Å². The van der Waals surface area contributed by atoms with Crippen LogP contribution in [0.2, 0.25) is 5.04 Å². The van der Waals surface area contributed by atoms with E-state index in [1.165, 1.54) is 13.2 Å². The number of allylic oxidation sites excluding steroid dienone is 5. The van der Waals surface area contributed by atoms with Gasteiger partial charge in [-0.15, -0.1) is 0 Å². The number of carbonyl (C=O) groups excluding carboxylic acids is 3. The Labute approximate surface area is 311 Å². The van der Waals surface area contributed by atoms with E-state index in [1.807, 2.05) is 114 Å². The van der Waals surface area contributed by atoms with E-state index in [4.69, 9.17) is 9.47 Å². The molecule has 0 aliphatic carbocycles. The number of benzene rings is 2. The van der Waals surface area contributed by atoms with Gasteiger partial charge in [-0.1, -0.05) is 139 Å². The molecule has 2 aromatic rings. The van der Waals surface area contributed by atoms with Crippen molar-refractivity contribution in [3.63, 3.8) is 0 Å². The number of esters is 1. The van der Waals surface area contributed by atoms with Gasteiger partial charge in [-0.05, 0) is 65.2 Å². The Morgan fingerprint density at radius 3 is 2.12 bits per heavy atom. The van der Waals surface area contributed by atoms with E-state index in [0.29, 0.717) is 12.8 Å². The molecule has 0 fully saturated rings. The molecule has 9 heteroatoms. The van der Waals surface area contributed by atoms with Crippen LogP contribution in [-0.2, 0) is 23.9 Å². The Hall–Kier alpha value is -4.47. The summed E-state index contributed by atoms with van der Waals surface area (Å²) >= 11 is 0. The summed E-state index contributed by atoms with van der Waals surface area (Å²) in [7, 11) is -1.74. The highest BCUT2D eigenvalue weighted by atomic mass is 28.4. The van der Waals surface area contributed by atoms with E-state index in [1.54, 1.807) is 24.4 Å². The lowest BCUT2D eigenvalue weighted by molar-refractivity contribution is -0.151. The van der Waals surface area contributed by atoms with Crippen LogP contribution in [0.25, 0.3) is 0 Å². The van der Waals surface area contributed by atoms with E-state index in [-0.39, 0.29) is 29.6 Å². The molecule has 4 atom stereocenters. The molecule has 3 rings (SSSR count). The van der Waals surface area contributed by atoms with Crippen molar-refractivity contribution >= 4 is 36.5 Å². The summed E-state index contributed by atoms with van der Waals surface area (Å²) in [5.74, 6) is -0.828. The SMILES string of the molecule is C/C=C\C[C@@H](C/C=C\NC(=O)[C@@H](NC(=O)/C=C/C=C/[C@H](C)[C@@H]1CC=C(OC)C(=O)O1)C(C)(C)C)CC(C)(C)[Si](O)(c1ccccc1)c1ccccc1. The van der Waals surface area contributed by atoms with Crippen molar-refractivity contribution in [1.29, 1.82) is 0 Å². The van der Waals surface area contributed by atoms with E-state index in [9.17, 15) is 19.2 Å². The van der Waals surface area contributed by atoms with Crippen molar-refractivity contribution in [2.24, 2.45) is 17.3 Å². The molecule has 8 nitrogen and oxygen atoms in total. The minimum Gasteiger partial charge on any atom is -0.490 e. The molecule has 0 radical (unpaired) electrons. The van der Waals surface area contributed by atoms with Crippen molar-refractivity contribution < 1.29 is 28.7 Å². The van der Waals surface area contributed by atoms with Gasteiger partial charge in [0.2, 0.25) is 11.8 Å². The number of carbonyl (C=O) groups is 3. The first kappa shape index (κ1) is 41.9. The smallest absolute Gasteiger partial charge is 0.373 e. The number of ether oxygens (including phenoxy) is 2. The summed E-state index contributed by atoms with van der Waals surface area (Å²) in [6.45, 7) is 14.0. The Kier molecular flexibility index (Phi) is 15.6. The summed E-state index contributed by atoms with van der Waals surface area (Å²) < 4.78 is 10.4. The van der Waals surface area contributed by atoms with Gasteiger partial charge < -0.3 is 24.9 Å². The third-order valence-electron chi connectivity index (χ3n) is 9.67. The van der Waals surface area contributed by atoms with Gasteiger partial charge in [-0.3, -0.25) is 9.59 Å². The highest BCUT2D eigenvalue weighted by Crippen LogP contribution is 2.43. The Balaban J connectivity index is 1.64. The molecule has 1 aliphatic rings. The first-order chi connectivity index (χ1) is 24.6. The molecular weight excluding hydrogens is 669 g/mol. The first-order valence-corrected chi connectivity index (χ1v) is 20.1. The van der Waals surface area contributed by atoms with E-state index < -0.39 is 36.7 Å². The number of hydrogen-bond donors (Lipinski definition) is 3. The summed E-state index contributed by atoms with van der Waals surface area (Å²) in [4.78, 5) is 50.9. The second-order valence-electron chi connectivity index (χ2n) is 15.2. The summed E-state index contributed by atoms with van der Waals surface area (Å²) in [6, 6.07) is 19.3. The quantitative estimate of drug-likeness (QED) is 0.0555. The number of methoxy groups -OCH3 is 1. The number of cyclic esters (lactones) is 1. The third kappa shape index (κ3) is 11.5. The number of rotatable bonds is 17. The first-order valence-electron chi connectivity index (χ1n) is 18.1. The van der Waals surface area contributed by atoms with Gasteiger partial charge >= 0.3 is 5.97 Å². The normalized spacial score (nSPS) is 17.6.